The van der Waals surface area contributed by atoms with Gasteiger partial charge in [-0.25, -0.2) is 13.4 Å². The fourth-order valence-corrected chi connectivity index (χ4v) is 6.93. The fourth-order valence-electron chi connectivity index (χ4n) is 4.49. The number of sulfonamides is 1. The molecular weight excluding hydrogens is 478 g/mol. The summed E-state index contributed by atoms with van der Waals surface area (Å²) in [5.41, 5.74) is 5.01. The number of anilines is 1. The Kier molecular flexibility index (Phi) is 7.83. The summed E-state index contributed by atoms with van der Waals surface area (Å²) in [6.45, 7) is 9.19. The number of aryl methyl sites for hydroxylation is 3. The van der Waals surface area contributed by atoms with Crippen molar-refractivity contribution < 1.29 is 13.2 Å². The van der Waals surface area contributed by atoms with Gasteiger partial charge in [-0.1, -0.05) is 36.2 Å². The number of hydrogen-bond acceptors (Lipinski definition) is 5. The number of aromatic nitrogens is 1. The molecule has 8 heteroatoms. The Labute approximate surface area is 212 Å². The van der Waals surface area contributed by atoms with Crippen LogP contribution in [0.15, 0.2) is 52.4 Å². The Bertz CT molecular complexity index is 1330. The minimum atomic E-state index is -3.51. The molecule has 2 heterocycles. The van der Waals surface area contributed by atoms with Gasteiger partial charge in [0.05, 0.1) is 20.7 Å². The van der Waals surface area contributed by atoms with Gasteiger partial charge in [0.1, 0.15) is 0 Å². The summed E-state index contributed by atoms with van der Waals surface area (Å²) in [6, 6.07) is 12.8. The molecule has 0 saturated carbocycles. The van der Waals surface area contributed by atoms with Crippen molar-refractivity contribution >= 4 is 44.3 Å². The van der Waals surface area contributed by atoms with E-state index in [0.717, 1.165) is 52.7 Å². The van der Waals surface area contributed by atoms with Crippen LogP contribution in [-0.4, -0.2) is 42.0 Å². The van der Waals surface area contributed by atoms with Crippen LogP contribution in [0.2, 0.25) is 0 Å². The average Bonchev–Trinajstić information content (AvgIpc) is 3.10. The molecule has 1 amide bonds. The van der Waals surface area contributed by atoms with Crippen LogP contribution >= 0.6 is 11.8 Å². The van der Waals surface area contributed by atoms with Gasteiger partial charge in [0.25, 0.3) is 0 Å². The first-order valence-corrected chi connectivity index (χ1v) is 14.4. The normalized spacial score (nSPS) is 16.1. The lowest BCUT2D eigenvalue weighted by molar-refractivity contribution is -0.115. The molecule has 1 aliphatic heterocycles. The van der Waals surface area contributed by atoms with Gasteiger partial charge in [-0.2, -0.15) is 4.31 Å². The Hall–Kier alpha value is -2.42. The number of rotatable bonds is 6. The van der Waals surface area contributed by atoms with E-state index in [-0.39, 0.29) is 16.1 Å². The van der Waals surface area contributed by atoms with Crippen molar-refractivity contribution in [2.45, 2.75) is 68.5 Å². The minimum absolute atomic E-state index is 0.154. The molecule has 1 aromatic heterocycles. The zero-order chi connectivity index (χ0) is 25.2. The number of nitrogens with one attached hydrogen (secondary N) is 1. The Morgan fingerprint density at radius 1 is 0.971 bits per heavy atom. The number of amides is 1. The molecule has 0 spiro atoms. The highest BCUT2D eigenvalue weighted by atomic mass is 32.2. The number of thioether (sulfide) groups is 1. The van der Waals surface area contributed by atoms with Crippen LogP contribution in [0.25, 0.3) is 10.9 Å². The standard InChI is InChI=1S/C27H33N3O3S2/c1-18-15-20(3)26-24(16-18)19(2)17-25(29-26)34-21(4)27(31)28-22-9-11-23(12-10-22)35(32,33)30-13-7-5-6-8-14-30/h9-12,15-17,21H,5-8,13-14H2,1-4H3,(H,28,31). The molecule has 6 nitrogen and oxygen atoms in total. The molecule has 2 aromatic carbocycles. The smallest absolute Gasteiger partial charge is 0.243 e. The predicted molar refractivity (Wildman–Crippen MR) is 144 cm³/mol. The summed E-state index contributed by atoms with van der Waals surface area (Å²) in [5.74, 6) is -0.154. The second-order valence-electron chi connectivity index (χ2n) is 9.35. The SMILES string of the molecule is Cc1cc(C)c2nc(SC(C)C(=O)Nc3ccc(S(=O)(=O)N4CCCCCC4)cc3)cc(C)c2c1. The van der Waals surface area contributed by atoms with Gasteiger partial charge in [-0.3, -0.25) is 4.79 Å². The van der Waals surface area contributed by atoms with Crippen LogP contribution in [0, 0.1) is 20.8 Å². The molecule has 35 heavy (non-hydrogen) atoms. The second kappa shape index (κ2) is 10.7. The van der Waals surface area contributed by atoms with E-state index in [4.69, 9.17) is 4.98 Å². The third-order valence-electron chi connectivity index (χ3n) is 6.42. The zero-order valence-electron chi connectivity index (χ0n) is 20.8. The molecule has 0 bridgehead atoms. The molecule has 1 fully saturated rings. The van der Waals surface area contributed by atoms with Gasteiger partial charge in [0.2, 0.25) is 15.9 Å². The third kappa shape index (κ3) is 5.88. The topological polar surface area (TPSA) is 79.4 Å². The maximum atomic E-state index is 13.0. The zero-order valence-corrected chi connectivity index (χ0v) is 22.4. The van der Waals surface area contributed by atoms with Crippen molar-refractivity contribution in [2.75, 3.05) is 18.4 Å². The number of carbonyl (C=O) groups excluding carboxylic acids is 1. The van der Waals surface area contributed by atoms with E-state index in [2.05, 4.69) is 38.2 Å². The van der Waals surface area contributed by atoms with E-state index in [1.165, 1.54) is 17.3 Å². The number of carbonyl (C=O) groups is 1. The molecule has 0 radical (unpaired) electrons. The number of hydrogen-bond donors (Lipinski definition) is 1. The first-order chi connectivity index (χ1) is 16.6. The number of fused-ring (bicyclic) bond motifs is 1. The molecule has 1 N–H and O–H groups in total. The molecule has 1 aliphatic rings. The monoisotopic (exact) mass is 511 g/mol. The second-order valence-corrected chi connectivity index (χ2v) is 12.6. The maximum absolute atomic E-state index is 13.0. The highest BCUT2D eigenvalue weighted by Crippen LogP contribution is 2.29. The van der Waals surface area contributed by atoms with E-state index >= 15 is 0 Å². The highest BCUT2D eigenvalue weighted by molar-refractivity contribution is 8.00. The third-order valence-corrected chi connectivity index (χ3v) is 9.35. The Balaban J connectivity index is 1.43. The number of pyridine rings is 1. The largest absolute Gasteiger partial charge is 0.325 e. The van der Waals surface area contributed by atoms with E-state index in [1.54, 1.807) is 28.6 Å². The van der Waals surface area contributed by atoms with Crippen LogP contribution in [0.3, 0.4) is 0 Å². The lowest BCUT2D eigenvalue weighted by Gasteiger charge is -2.20. The van der Waals surface area contributed by atoms with Crippen LogP contribution in [0.1, 0.15) is 49.3 Å². The van der Waals surface area contributed by atoms with Gasteiger partial charge in [-0.05, 0) is 88.1 Å². The van der Waals surface area contributed by atoms with E-state index in [1.807, 2.05) is 13.0 Å². The van der Waals surface area contributed by atoms with Crippen molar-refractivity contribution in [3.8, 4) is 0 Å². The summed E-state index contributed by atoms with van der Waals surface area (Å²) < 4.78 is 27.5. The van der Waals surface area contributed by atoms with Gasteiger partial charge < -0.3 is 5.32 Å². The van der Waals surface area contributed by atoms with Crippen LogP contribution in [0.4, 0.5) is 5.69 Å². The van der Waals surface area contributed by atoms with E-state index in [9.17, 15) is 13.2 Å². The summed E-state index contributed by atoms with van der Waals surface area (Å²) in [5, 5.41) is 4.48. The molecule has 1 atom stereocenters. The lowest BCUT2D eigenvalue weighted by atomic mass is 10.0. The predicted octanol–water partition coefficient (Wildman–Crippen LogP) is 5.84. The molecule has 1 unspecified atom stereocenters. The Morgan fingerprint density at radius 3 is 2.29 bits per heavy atom. The Morgan fingerprint density at radius 2 is 1.63 bits per heavy atom. The first kappa shape index (κ1) is 25.7. The summed E-state index contributed by atoms with van der Waals surface area (Å²) >= 11 is 1.42. The quantitative estimate of drug-likeness (QED) is 0.420. The van der Waals surface area contributed by atoms with Gasteiger partial charge in [-0.15, -0.1) is 0 Å². The van der Waals surface area contributed by atoms with Crippen molar-refractivity contribution in [2.24, 2.45) is 0 Å². The molecular formula is C27H33N3O3S2. The van der Waals surface area contributed by atoms with Crippen molar-refractivity contribution in [3.63, 3.8) is 0 Å². The summed E-state index contributed by atoms with van der Waals surface area (Å²) in [6.07, 6.45) is 3.93. The molecule has 0 aliphatic carbocycles. The number of benzene rings is 2. The first-order valence-electron chi connectivity index (χ1n) is 12.1. The van der Waals surface area contributed by atoms with Gasteiger partial charge in [0, 0.05) is 24.2 Å². The van der Waals surface area contributed by atoms with Gasteiger partial charge in [0.15, 0.2) is 0 Å². The lowest BCUT2D eigenvalue weighted by Crippen LogP contribution is -2.31. The van der Waals surface area contributed by atoms with E-state index in [0.29, 0.717) is 18.8 Å². The molecule has 3 aromatic rings. The number of nitrogens with zero attached hydrogens (tertiary/aromatic N) is 2. The molecule has 4 rings (SSSR count). The highest BCUT2D eigenvalue weighted by Gasteiger charge is 2.25. The minimum Gasteiger partial charge on any atom is -0.325 e. The molecule has 1 saturated heterocycles. The molecule has 186 valence electrons. The van der Waals surface area contributed by atoms with E-state index < -0.39 is 10.0 Å². The van der Waals surface area contributed by atoms with Gasteiger partial charge >= 0.3 is 0 Å². The van der Waals surface area contributed by atoms with Crippen molar-refractivity contribution in [1.82, 2.24) is 9.29 Å². The maximum Gasteiger partial charge on any atom is 0.243 e. The fraction of sp³-hybridized carbons (Fsp3) is 0.407. The van der Waals surface area contributed by atoms with Crippen molar-refractivity contribution in [1.29, 1.82) is 0 Å². The summed E-state index contributed by atoms with van der Waals surface area (Å²) in [7, 11) is -3.51. The average molecular weight is 512 g/mol. The summed E-state index contributed by atoms with van der Waals surface area (Å²) in [4.78, 5) is 17.9. The van der Waals surface area contributed by atoms with Crippen LogP contribution in [-0.2, 0) is 14.8 Å². The van der Waals surface area contributed by atoms with Crippen molar-refractivity contribution in [3.05, 3.63) is 59.2 Å². The van der Waals surface area contributed by atoms with Crippen LogP contribution < -0.4 is 5.32 Å². The van der Waals surface area contributed by atoms with Crippen LogP contribution in [0.5, 0.6) is 0 Å².